The molecule has 5 nitrogen and oxygen atoms in total. The van der Waals surface area contributed by atoms with Crippen LogP contribution in [0.1, 0.15) is 5.56 Å². The molecule has 0 aliphatic heterocycles. The number of non-ortho nitro benzene ring substituents is 1. The van der Waals surface area contributed by atoms with E-state index in [4.69, 9.17) is 9.84 Å². The van der Waals surface area contributed by atoms with Crippen LogP contribution in [0.15, 0.2) is 16.6 Å². The second-order valence-electron chi connectivity index (χ2n) is 2.54. The minimum Gasteiger partial charge on any atom is -0.495 e. The van der Waals surface area contributed by atoms with Gasteiger partial charge in [-0.3, -0.25) is 10.1 Å². The molecule has 0 heterocycles. The molecule has 0 aliphatic rings. The fourth-order valence-electron chi connectivity index (χ4n) is 1.01. The van der Waals surface area contributed by atoms with Gasteiger partial charge in [-0.25, -0.2) is 0 Å². The number of aliphatic hydroxyl groups is 1. The van der Waals surface area contributed by atoms with E-state index in [0.29, 0.717) is 15.8 Å². The van der Waals surface area contributed by atoms with Gasteiger partial charge >= 0.3 is 0 Å². The Morgan fingerprint density at radius 2 is 2.29 bits per heavy atom. The first-order valence-corrected chi connectivity index (χ1v) is 4.51. The van der Waals surface area contributed by atoms with Crippen molar-refractivity contribution in [3.8, 4) is 5.75 Å². The fraction of sp³-hybridized carbons (Fsp3) is 0.250. The molecule has 0 unspecified atom stereocenters. The molecule has 0 bridgehead atoms. The van der Waals surface area contributed by atoms with Crippen molar-refractivity contribution < 1.29 is 14.8 Å². The van der Waals surface area contributed by atoms with E-state index in [9.17, 15) is 10.1 Å². The van der Waals surface area contributed by atoms with Crippen molar-refractivity contribution in [1.29, 1.82) is 0 Å². The van der Waals surface area contributed by atoms with E-state index in [1.54, 1.807) is 0 Å². The lowest BCUT2D eigenvalue weighted by Gasteiger charge is -2.06. The first-order valence-electron chi connectivity index (χ1n) is 3.71. The van der Waals surface area contributed by atoms with Gasteiger partial charge in [-0.1, -0.05) is 0 Å². The van der Waals surface area contributed by atoms with E-state index in [1.165, 1.54) is 19.2 Å². The highest BCUT2D eigenvalue weighted by Gasteiger charge is 2.14. The van der Waals surface area contributed by atoms with Gasteiger partial charge in [0, 0.05) is 11.6 Å². The summed E-state index contributed by atoms with van der Waals surface area (Å²) in [6.07, 6.45) is 0. The van der Waals surface area contributed by atoms with Gasteiger partial charge in [0.2, 0.25) is 0 Å². The SMILES string of the molecule is COc1cc([N+](=O)[O-])cc(CO)c1Br. The number of aliphatic hydroxyl groups excluding tert-OH is 1. The van der Waals surface area contributed by atoms with Crippen molar-refractivity contribution >= 4 is 21.6 Å². The van der Waals surface area contributed by atoms with E-state index >= 15 is 0 Å². The Labute approximate surface area is 88.6 Å². The van der Waals surface area contributed by atoms with Gasteiger partial charge < -0.3 is 9.84 Å². The normalized spacial score (nSPS) is 9.93. The average molecular weight is 262 g/mol. The number of nitrogens with zero attached hydrogens (tertiary/aromatic N) is 1. The molecular formula is C8H8BrNO4. The van der Waals surface area contributed by atoms with Gasteiger partial charge in [-0.15, -0.1) is 0 Å². The maximum Gasteiger partial charge on any atom is 0.273 e. The minimum atomic E-state index is -0.534. The number of hydrogen-bond acceptors (Lipinski definition) is 4. The van der Waals surface area contributed by atoms with Crippen molar-refractivity contribution in [3.63, 3.8) is 0 Å². The Morgan fingerprint density at radius 1 is 1.64 bits per heavy atom. The second kappa shape index (κ2) is 4.39. The predicted octanol–water partition coefficient (Wildman–Crippen LogP) is 1.86. The number of rotatable bonds is 3. The van der Waals surface area contributed by atoms with Crippen molar-refractivity contribution in [2.45, 2.75) is 6.61 Å². The summed E-state index contributed by atoms with van der Waals surface area (Å²) in [7, 11) is 1.41. The first kappa shape index (κ1) is 10.9. The zero-order valence-electron chi connectivity index (χ0n) is 7.36. The third-order valence-corrected chi connectivity index (χ3v) is 2.60. The van der Waals surface area contributed by atoms with Gasteiger partial charge in [-0.05, 0) is 15.9 Å². The molecule has 0 atom stereocenters. The van der Waals surface area contributed by atoms with E-state index < -0.39 is 4.92 Å². The molecule has 0 spiro atoms. The standard InChI is InChI=1S/C8H8BrNO4/c1-14-7-3-6(10(12)13)2-5(4-11)8(7)9/h2-3,11H,4H2,1H3. The monoisotopic (exact) mass is 261 g/mol. The molecule has 0 saturated carbocycles. The van der Waals surface area contributed by atoms with E-state index in [1.807, 2.05) is 0 Å². The number of benzene rings is 1. The van der Waals surface area contributed by atoms with Crippen LogP contribution in [-0.2, 0) is 6.61 Å². The van der Waals surface area contributed by atoms with Crippen LogP contribution in [-0.4, -0.2) is 17.1 Å². The zero-order chi connectivity index (χ0) is 10.7. The van der Waals surface area contributed by atoms with Crippen LogP contribution in [0.4, 0.5) is 5.69 Å². The summed E-state index contributed by atoms with van der Waals surface area (Å²) in [5.41, 5.74) is 0.324. The number of methoxy groups -OCH3 is 1. The highest BCUT2D eigenvalue weighted by atomic mass is 79.9. The molecule has 1 N–H and O–H groups in total. The predicted molar refractivity (Wildman–Crippen MR) is 53.3 cm³/mol. The molecular weight excluding hydrogens is 254 g/mol. The summed E-state index contributed by atoms with van der Waals surface area (Å²) in [4.78, 5) is 9.97. The van der Waals surface area contributed by atoms with Gasteiger partial charge in [0.05, 0.1) is 29.2 Å². The largest absolute Gasteiger partial charge is 0.495 e. The molecule has 76 valence electrons. The summed E-state index contributed by atoms with van der Waals surface area (Å²) in [5.74, 6) is 0.336. The van der Waals surface area contributed by atoms with Gasteiger partial charge in [0.25, 0.3) is 5.69 Å². The molecule has 0 radical (unpaired) electrons. The van der Waals surface area contributed by atoms with Crippen molar-refractivity contribution in [3.05, 3.63) is 32.3 Å². The summed E-state index contributed by atoms with van der Waals surface area (Å²) in [6.45, 7) is -0.279. The molecule has 1 aromatic carbocycles. The highest BCUT2D eigenvalue weighted by molar-refractivity contribution is 9.10. The van der Waals surface area contributed by atoms with E-state index in [-0.39, 0.29) is 12.3 Å². The van der Waals surface area contributed by atoms with Crippen molar-refractivity contribution in [1.82, 2.24) is 0 Å². The van der Waals surface area contributed by atoms with Gasteiger partial charge in [-0.2, -0.15) is 0 Å². The second-order valence-corrected chi connectivity index (χ2v) is 3.33. The van der Waals surface area contributed by atoms with Crippen molar-refractivity contribution in [2.24, 2.45) is 0 Å². The van der Waals surface area contributed by atoms with Gasteiger partial charge in [0.15, 0.2) is 0 Å². The lowest BCUT2D eigenvalue weighted by atomic mass is 10.2. The van der Waals surface area contributed by atoms with Crippen LogP contribution in [0.3, 0.4) is 0 Å². The Morgan fingerprint density at radius 3 is 2.71 bits per heavy atom. The maximum absolute atomic E-state index is 10.5. The smallest absolute Gasteiger partial charge is 0.273 e. The molecule has 1 aromatic rings. The summed E-state index contributed by atoms with van der Waals surface area (Å²) in [6, 6.07) is 2.59. The Balaban J connectivity index is 3.32. The lowest BCUT2D eigenvalue weighted by Crippen LogP contribution is -1.95. The number of nitro groups is 1. The Hall–Kier alpha value is -1.14. The Kier molecular flexibility index (Phi) is 3.43. The summed E-state index contributed by atoms with van der Waals surface area (Å²) >= 11 is 3.18. The number of halogens is 1. The van der Waals surface area contributed by atoms with E-state index in [2.05, 4.69) is 15.9 Å². The number of hydrogen-bond donors (Lipinski definition) is 1. The molecule has 0 aromatic heterocycles. The van der Waals surface area contributed by atoms with Crippen molar-refractivity contribution in [2.75, 3.05) is 7.11 Å². The maximum atomic E-state index is 10.5. The molecule has 0 aliphatic carbocycles. The molecule has 14 heavy (non-hydrogen) atoms. The molecule has 6 heteroatoms. The molecule has 0 amide bonds. The summed E-state index contributed by atoms with van der Waals surface area (Å²) < 4.78 is 5.45. The van der Waals surface area contributed by atoms with Crippen LogP contribution in [0, 0.1) is 10.1 Å². The summed E-state index contributed by atoms with van der Waals surface area (Å²) in [5, 5.41) is 19.4. The third kappa shape index (κ3) is 2.02. The van der Waals surface area contributed by atoms with E-state index in [0.717, 1.165) is 0 Å². The first-order chi connectivity index (χ1) is 6.60. The quantitative estimate of drug-likeness (QED) is 0.666. The highest BCUT2D eigenvalue weighted by Crippen LogP contribution is 2.33. The number of ether oxygens (including phenoxy) is 1. The van der Waals surface area contributed by atoms with Crippen LogP contribution in [0.2, 0.25) is 0 Å². The molecule has 1 rings (SSSR count). The molecule has 0 saturated heterocycles. The Bertz CT molecular complexity index is 341. The average Bonchev–Trinajstić information content (AvgIpc) is 2.17. The lowest BCUT2D eigenvalue weighted by molar-refractivity contribution is -0.385. The fourth-order valence-corrected chi connectivity index (χ4v) is 1.52. The van der Waals surface area contributed by atoms with Crippen LogP contribution >= 0.6 is 15.9 Å². The topological polar surface area (TPSA) is 72.6 Å². The number of nitro benzene ring substituents is 1. The van der Waals surface area contributed by atoms with Gasteiger partial charge in [0.1, 0.15) is 5.75 Å². The third-order valence-electron chi connectivity index (χ3n) is 1.70. The molecule has 0 fully saturated rings. The van der Waals surface area contributed by atoms with Crippen LogP contribution in [0.25, 0.3) is 0 Å². The van der Waals surface area contributed by atoms with Crippen LogP contribution in [0.5, 0.6) is 5.75 Å². The minimum absolute atomic E-state index is 0.103. The zero-order valence-corrected chi connectivity index (χ0v) is 8.94. The van der Waals surface area contributed by atoms with Crippen LogP contribution < -0.4 is 4.74 Å².